The Morgan fingerprint density at radius 1 is 1.31 bits per heavy atom. The molecule has 1 saturated heterocycles. The summed E-state index contributed by atoms with van der Waals surface area (Å²) >= 11 is 4.96. The van der Waals surface area contributed by atoms with Gasteiger partial charge >= 0.3 is 14.3 Å². The van der Waals surface area contributed by atoms with Gasteiger partial charge in [0.25, 0.3) is 0 Å². The van der Waals surface area contributed by atoms with E-state index in [9.17, 15) is 19.0 Å². The third kappa shape index (κ3) is 6.98. The smallest absolute Gasteiger partial charge is 0.351 e. The highest BCUT2D eigenvalue weighted by Crippen LogP contribution is 2.50. The Labute approximate surface area is 172 Å². The molecule has 0 aromatic heterocycles. The maximum absolute atomic E-state index is 12.2. The van der Waals surface area contributed by atoms with E-state index in [0.717, 1.165) is 4.90 Å². The Morgan fingerprint density at radius 2 is 1.97 bits per heavy atom. The van der Waals surface area contributed by atoms with Gasteiger partial charge in [-0.1, -0.05) is 0 Å². The molecule has 1 amide bonds. The Bertz CT molecular complexity index is 754. The van der Waals surface area contributed by atoms with Gasteiger partial charge < -0.3 is 33.4 Å². The highest BCUT2D eigenvalue weighted by atomic mass is 32.5. The van der Waals surface area contributed by atoms with Crippen LogP contribution in [0, 0.1) is 0 Å². The van der Waals surface area contributed by atoms with E-state index in [1.807, 2.05) is 0 Å². The first-order chi connectivity index (χ1) is 13.3. The highest BCUT2D eigenvalue weighted by Gasteiger charge is 2.52. The van der Waals surface area contributed by atoms with Crippen molar-refractivity contribution >= 4 is 37.8 Å². The van der Waals surface area contributed by atoms with E-state index in [1.165, 1.54) is 19.4 Å². The summed E-state index contributed by atoms with van der Waals surface area (Å²) in [4.78, 5) is 53.2. The van der Waals surface area contributed by atoms with Gasteiger partial charge in [0.2, 0.25) is 5.91 Å². The lowest BCUT2D eigenvalue weighted by atomic mass is 10.1. The molecule has 1 unspecified atom stereocenters. The standard InChI is InChI=1S/C14H23NO11P2S/c1-8(2)25-28(21,29)26-12-11(22-3)13(15-5-4-9(16)6-10(15)17)24-14(12)23-7-27(18,19)20/h4-5,8,11-14H,6-7H2,1-3H3,(H,21,29)(H2,18,19,20)/t11-,12+,13-,14+,28?/m1/s1. The second-order valence-corrected chi connectivity index (χ2v) is 10.8. The molecular formula is C14H23NO11P2S. The number of carbonyl (C=O) groups excluding carboxylic acids is 2. The maximum Gasteiger partial charge on any atom is 0.351 e. The second kappa shape index (κ2) is 9.71. The molecule has 0 aromatic rings. The molecule has 3 N–H and O–H groups in total. The van der Waals surface area contributed by atoms with Crippen LogP contribution in [0.4, 0.5) is 0 Å². The molecule has 2 rings (SSSR count). The number of amides is 1. The number of hydrogen-bond acceptors (Lipinski definition) is 9. The fraction of sp³-hybridized carbons (Fsp3) is 0.714. The van der Waals surface area contributed by atoms with Crippen molar-refractivity contribution in [2.45, 2.75) is 51.1 Å². The van der Waals surface area contributed by atoms with Crippen molar-refractivity contribution in [1.82, 2.24) is 4.90 Å². The van der Waals surface area contributed by atoms with E-state index < -0.39 is 63.2 Å². The van der Waals surface area contributed by atoms with Crippen molar-refractivity contribution in [3.05, 3.63) is 12.3 Å². The predicted molar refractivity (Wildman–Crippen MR) is 101 cm³/mol. The minimum absolute atomic E-state index is 0.388. The molecule has 1 fully saturated rings. The SMILES string of the molecule is CO[C@@H]1[C@H](OP(O)(=S)OC(C)C)[C@@H](OCP(=O)(O)O)O[C@H]1N1C=CC(=O)CC1=O. The van der Waals surface area contributed by atoms with Crippen LogP contribution in [0.2, 0.25) is 0 Å². The summed E-state index contributed by atoms with van der Waals surface area (Å²) in [5.41, 5.74) is 0. The Balaban J connectivity index is 2.30. The summed E-state index contributed by atoms with van der Waals surface area (Å²) in [5.74, 6) is -0.975. The van der Waals surface area contributed by atoms with E-state index in [2.05, 4.69) is 0 Å². The largest absolute Gasteiger partial charge is 0.374 e. The van der Waals surface area contributed by atoms with Gasteiger partial charge in [-0.05, 0) is 31.7 Å². The zero-order valence-corrected chi connectivity index (χ0v) is 18.4. The predicted octanol–water partition coefficient (Wildman–Crippen LogP) is 0.178. The van der Waals surface area contributed by atoms with Gasteiger partial charge in [0.05, 0.1) is 12.5 Å². The van der Waals surface area contributed by atoms with E-state index in [4.69, 9.17) is 44.9 Å². The van der Waals surface area contributed by atoms with E-state index in [0.29, 0.717) is 0 Å². The monoisotopic (exact) mass is 475 g/mol. The minimum atomic E-state index is -4.57. The summed E-state index contributed by atoms with van der Waals surface area (Å²) < 4.78 is 37.9. The summed E-state index contributed by atoms with van der Waals surface area (Å²) in [6.07, 6.45) is -4.49. The Morgan fingerprint density at radius 3 is 2.48 bits per heavy atom. The molecule has 12 nitrogen and oxygen atoms in total. The van der Waals surface area contributed by atoms with Gasteiger partial charge in [-0.15, -0.1) is 0 Å². The van der Waals surface area contributed by atoms with Crippen LogP contribution in [0.25, 0.3) is 0 Å². The normalized spacial score (nSPS) is 30.2. The average Bonchev–Trinajstić information content (AvgIpc) is 2.87. The minimum Gasteiger partial charge on any atom is -0.374 e. The molecule has 0 aromatic carbocycles. The van der Waals surface area contributed by atoms with Gasteiger partial charge in [0.1, 0.15) is 12.2 Å². The average molecular weight is 475 g/mol. The third-order valence-electron chi connectivity index (χ3n) is 3.73. The lowest BCUT2D eigenvalue weighted by Crippen LogP contribution is -2.47. The summed E-state index contributed by atoms with van der Waals surface area (Å²) in [7, 11) is -3.29. The summed E-state index contributed by atoms with van der Waals surface area (Å²) in [6, 6.07) is 0. The molecule has 2 heterocycles. The van der Waals surface area contributed by atoms with Gasteiger partial charge in [0, 0.05) is 13.3 Å². The first kappa shape index (κ1) is 24.7. The molecular weight excluding hydrogens is 452 g/mol. The van der Waals surface area contributed by atoms with Crippen LogP contribution in [0.3, 0.4) is 0 Å². The fourth-order valence-corrected chi connectivity index (χ4v) is 4.98. The van der Waals surface area contributed by atoms with Crippen molar-refractivity contribution in [1.29, 1.82) is 0 Å². The molecule has 0 radical (unpaired) electrons. The van der Waals surface area contributed by atoms with E-state index in [1.54, 1.807) is 13.8 Å². The molecule has 0 bridgehead atoms. The molecule has 2 aliphatic heterocycles. The number of carbonyl (C=O) groups is 2. The van der Waals surface area contributed by atoms with Crippen LogP contribution in [0.5, 0.6) is 0 Å². The van der Waals surface area contributed by atoms with Crippen molar-refractivity contribution in [3.63, 3.8) is 0 Å². The number of allylic oxidation sites excluding steroid dienone is 1. The first-order valence-corrected chi connectivity index (χ1v) is 12.8. The van der Waals surface area contributed by atoms with Gasteiger partial charge in [-0.3, -0.25) is 23.6 Å². The fourth-order valence-electron chi connectivity index (χ4n) is 2.72. The van der Waals surface area contributed by atoms with Crippen LogP contribution < -0.4 is 0 Å². The van der Waals surface area contributed by atoms with Crippen LogP contribution in [-0.4, -0.2) is 75.6 Å². The van der Waals surface area contributed by atoms with Crippen molar-refractivity contribution < 1.29 is 52.1 Å². The number of nitrogens with zero attached hydrogens (tertiary/aromatic N) is 1. The van der Waals surface area contributed by atoms with Crippen LogP contribution >= 0.6 is 14.3 Å². The van der Waals surface area contributed by atoms with Gasteiger partial charge in [-0.2, -0.15) is 0 Å². The zero-order chi connectivity index (χ0) is 22.0. The van der Waals surface area contributed by atoms with Crippen molar-refractivity contribution in [3.8, 4) is 0 Å². The number of hydrogen-bond donors (Lipinski definition) is 3. The number of ketones is 1. The molecule has 15 heteroatoms. The van der Waals surface area contributed by atoms with Crippen LogP contribution in [-0.2, 0) is 49.2 Å². The van der Waals surface area contributed by atoms with Crippen LogP contribution in [0.15, 0.2) is 12.3 Å². The zero-order valence-electron chi connectivity index (χ0n) is 15.8. The lowest BCUT2D eigenvalue weighted by molar-refractivity contribution is -0.180. The maximum atomic E-state index is 12.2. The van der Waals surface area contributed by atoms with E-state index in [-0.39, 0.29) is 6.42 Å². The Hall–Kier alpha value is -0.560. The van der Waals surface area contributed by atoms with Gasteiger partial charge in [0.15, 0.2) is 24.6 Å². The molecule has 5 atom stereocenters. The molecule has 2 aliphatic rings. The quantitative estimate of drug-likeness (QED) is 0.307. The Kier molecular flexibility index (Phi) is 8.28. The van der Waals surface area contributed by atoms with Crippen molar-refractivity contribution in [2.75, 3.05) is 13.5 Å². The molecule has 0 saturated carbocycles. The number of rotatable bonds is 9. The molecule has 29 heavy (non-hydrogen) atoms. The lowest BCUT2D eigenvalue weighted by Gasteiger charge is -2.31. The topological polar surface area (TPSA) is 161 Å². The summed E-state index contributed by atoms with van der Waals surface area (Å²) in [6.45, 7) is -0.571. The molecule has 0 spiro atoms. The summed E-state index contributed by atoms with van der Waals surface area (Å²) in [5, 5.41) is 0. The number of methoxy groups -OCH3 is 1. The third-order valence-corrected chi connectivity index (χ3v) is 5.93. The number of ether oxygens (including phenoxy) is 3. The highest BCUT2D eigenvalue weighted by molar-refractivity contribution is 8.07. The molecule has 0 aliphatic carbocycles. The van der Waals surface area contributed by atoms with Gasteiger partial charge in [-0.25, -0.2) is 0 Å². The van der Waals surface area contributed by atoms with Crippen molar-refractivity contribution in [2.24, 2.45) is 0 Å². The second-order valence-electron chi connectivity index (χ2n) is 6.51. The van der Waals surface area contributed by atoms with Crippen LogP contribution in [0.1, 0.15) is 20.3 Å². The molecule has 166 valence electrons. The van der Waals surface area contributed by atoms with E-state index >= 15 is 0 Å². The first-order valence-electron chi connectivity index (χ1n) is 8.39.